The zero-order valence-corrected chi connectivity index (χ0v) is 12.2. The standard InChI is InChI=1S/C14H7F6NO4/c1-24-13-10(3-2-7(15)12(13)17)25-11-4-6(14(18,19)20)8(16)5-9(11)21(22)23/h2-5H,1H3. The maximum absolute atomic E-state index is 13.6. The molecule has 5 nitrogen and oxygen atoms in total. The van der Waals surface area contributed by atoms with Gasteiger partial charge in [0.1, 0.15) is 5.82 Å². The third kappa shape index (κ3) is 3.59. The molecular formula is C14H7F6NO4. The van der Waals surface area contributed by atoms with Crippen molar-refractivity contribution in [1.82, 2.24) is 0 Å². The maximum Gasteiger partial charge on any atom is 0.419 e. The van der Waals surface area contributed by atoms with Gasteiger partial charge in [-0.3, -0.25) is 10.1 Å². The average molecular weight is 367 g/mol. The molecule has 0 bridgehead atoms. The lowest BCUT2D eigenvalue weighted by atomic mass is 10.1. The van der Waals surface area contributed by atoms with Crippen molar-refractivity contribution in [2.45, 2.75) is 6.18 Å². The fourth-order valence-corrected chi connectivity index (χ4v) is 1.89. The molecule has 0 saturated carbocycles. The number of ether oxygens (including phenoxy) is 2. The van der Waals surface area contributed by atoms with Gasteiger partial charge in [0.2, 0.25) is 17.3 Å². The highest BCUT2D eigenvalue weighted by Crippen LogP contribution is 2.42. The van der Waals surface area contributed by atoms with Crippen LogP contribution in [-0.4, -0.2) is 12.0 Å². The van der Waals surface area contributed by atoms with Crippen molar-refractivity contribution in [3.05, 3.63) is 57.4 Å². The second-order valence-electron chi connectivity index (χ2n) is 4.55. The number of hydrogen-bond acceptors (Lipinski definition) is 4. The molecule has 0 heterocycles. The lowest BCUT2D eigenvalue weighted by molar-refractivity contribution is -0.385. The monoisotopic (exact) mass is 367 g/mol. The van der Waals surface area contributed by atoms with Gasteiger partial charge in [0.25, 0.3) is 0 Å². The van der Waals surface area contributed by atoms with Gasteiger partial charge in [-0.05, 0) is 12.1 Å². The first-order valence-electron chi connectivity index (χ1n) is 6.31. The minimum atomic E-state index is -5.16. The van der Waals surface area contributed by atoms with Gasteiger partial charge in [-0.1, -0.05) is 0 Å². The summed E-state index contributed by atoms with van der Waals surface area (Å²) in [7, 11) is 0.922. The zero-order valence-electron chi connectivity index (χ0n) is 12.2. The van der Waals surface area contributed by atoms with E-state index in [1.165, 1.54) is 0 Å². The maximum atomic E-state index is 13.6. The predicted octanol–water partition coefficient (Wildman–Crippen LogP) is 4.83. The van der Waals surface area contributed by atoms with E-state index in [9.17, 15) is 36.5 Å². The van der Waals surface area contributed by atoms with E-state index in [0.717, 1.165) is 13.2 Å². The number of alkyl halides is 3. The van der Waals surface area contributed by atoms with Gasteiger partial charge in [-0.25, -0.2) is 8.78 Å². The summed E-state index contributed by atoms with van der Waals surface area (Å²) in [5.41, 5.74) is -2.97. The van der Waals surface area contributed by atoms with Crippen LogP contribution in [0.5, 0.6) is 17.2 Å². The van der Waals surface area contributed by atoms with E-state index in [1.54, 1.807) is 0 Å². The van der Waals surface area contributed by atoms with Gasteiger partial charge in [0.05, 0.1) is 23.7 Å². The highest BCUT2D eigenvalue weighted by atomic mass is 19.4. The molecule has 134 valence electrons. The van der Waals surface area contributed by atoms with Crippen molar-refractivity contribution < 1.29 is 40.7 Å². The number of nitro benzene ring substituents is 1. The summed E-state index contributed by atoms with van der Waals surface area (Å²) in [6, 6.07) is 1.43. The van der Waals surface area contributed by atoms with Gasteiger partial charge < -0.3 is 9.47 Å². The summed E-state index contributed by atoms with van der Waals surface area (Å²) in [6.07, 6.45) is -5.16. The predicted molar refractivity (Wildman–Crippen MR) is 71.0 cm³/mol. The first-order valence-corrected chi connectivity index (χ1v) is 6.31. The molecule has 0 spiro atoms. The van der Waals surface area contributed by atoms with E-state index in [1.807, 2.05) is 0 Å². The number of benzene rings is 2. The number of nitrogens with zero attached hydrogens (tertiary/aromatic N) is 1. The van der Waals surface area contributed by atoms with Crippen molar-refractivity contribution in [2.75, 3.05) is 7.11 Å². The smallest absolute Gasteiger partial charge is 0.419 e. The minimum absolute atomic E-state index is 0.0184. The van der Waals surface area contributed by atoms with E-state index < -0.39 is 57.1 Å². The highest BCUT2D eigenvalue weighted by molar-refractivity contribution is 5.53. The average Bonchev–Trinajstić information content (AvgIpc) is 2.51. The molecule has 2 aromatic rings. The Bertz CT molecular complexity index is 837. The molecule has 0 atom stereocenters. The summed E-state index contributed by atoms with van der Waals surface area (Å²) in [5, 5.41) is 10.9. The Hall–Kier alpha value is -2.98. The molecule has 0 aromatic heterocycles. The van der Waals surface area contributed by atoms with Crippen molar-refractivity contribution in [3.63, 3.8) is 0 Å². The van der Waals surface area contributed by atoms with Crippen LogP contribution < -0.4 is 9.47 Å². The number of hydrogen-bond donors (Lipinski definition) is 0. The number of halogens is 6. The van der Waals surface area contributed by atoms with Gasteiger partial charge >= 0.3 is 11.9 Å². The zero-order chi connectivity index (χ0) is 18.9. The van der Waals surface area contributed by atoms with E-state index >= 15 is 0 Å². The van der Waals surface area contributed by atoms with Gasteiger partial charge in [0.15, 0.2) is 11.6 Å². The van der Waals surface area contributed by atoms with Crippen LogP contribution in [0.1, 0.15) is 5.56 Å². The molecular weight excluding hydrogens is 360 g/mol. The lowest BCUT2D eigenvalue weighted by Crippen LogP contribution is -2.09. The molecule has 0 unspecified atom stereocenters. The van der Waals surface area contributed by atoms with Crippen molar-refractivity contribution in [3.8, 4) is 17.2 Å². The molecule has 0 aliphatic carbocycles. The molecule has 0 aliphatic rings. The van der Waals surface area contributed by atoms with Gasteiger partial charge in [0, 0.05) is 6.07 Å². The second kappa shape index (κ2) is 6.49. The van der Waals surface area contributed by atoms with Crippen molar-refractivity contribution >= 4 is 5.69 Å². The Morgan fingerprint density at radius 2 is 1.68 bits per heavy atom. The summed E-state index contributed by atoms with van der Waals surface area (Å²) in [6.45, 7) is 0. The normalized spacial score (nSPS) is 11.3. The molecule has 0 amide bonds. The van der Waals surface area contributed by atoms with Crippen LogP contribution in [0.3, 0.4) is 0 Å². The minimum Gasteiger partial charge on any atom is -0.490 e. The number of nitro groups is 1. The Labute approximate surface area is 135 Å². The van der Waals surface area contributed by atoms with Crippen molar-refractivity contribution in [1.29, 1.82) is 0 Å². The van der Waals surface area contributed by atoms with Crippen LogP contribution >= 0.6 is 0 Å². The lowest BCUT2D eigenvalue weighted by Gasteiger charge is -2.14. The molecule has 2 rings (SSSR count). The molecule has 0 fully saturated rings. The Morgan fingerprint density at radius 1 is 1.04 bits per heavy atom. The third-order valence-corrected chi connectivity index (χ3v) is 2.99. The summed E-state index contributed by atoms with van der Waals surface area (Å²) >= 11 is 0. The summed E-state index contributed by atoms with van der Waals surface area (Å²) in [4.78, 5) is 9.72. The van der Waals surface area contributed by atoms with E-state index in [-0.39, 0.29) is 12.1 Å². The van der Waals surface area contributed by atoms with Crippen LogP contribution in [0, 0.1) is 27.6 Å². The first-order chi connectivity index (χ1) is 11.6. The molecule has 0 aliphatic heterocycles. The van der Waals surface area contributed by atoms with Gasteiger partial charge in [-0.15, -0.1) is 0 Å². The van der Waals surface area contributed by atoms with Crippen LogP contribution in [0.4, 0.5) is 32.0 Å². The Morgan fingerprint density at radius 3 is 2.20 bits per heavy atom. The van der Waals surface area contributed by atoms with E-state index in [0.29, 0.717) is 6.07 Å². The molecule has 0 saturated heterocycles. The van der Waals surface area contributed by atoms with Crippen LogP contribution in [-0.2, 0) is 6.18 Å². The number of methoxy groups -OCH3 is 1. The fraction of sp³-hybridized carbons (Fsp3) is 0.143. The fourth-order valence-electron chi connectivity index (χ4n) is 1.89. The Kier molecular flexibility index (Phi) is 4.77. The molecule has 0 N–H and O–H groups in total. The highest BCUT2D eigenvalue weighted by Gasteiger charge is 2.37. The van der Waals surface area contributed by atoms with Crippen LogP contribution in [0.2, 0.25) is 0 Å². The summed E-state index contributed by atoms with van der Waals surface area (Å²) < 4.78 is 87.9. The van der Waals surface area contributed by atoms with E-state index in [4.69, 9.17) is 4.74 Å². The third-order valence-electron chi connectivity index (χ3n) is 2.99. The Balaban J connectivity index is 2.63. The SMILES string of the molecule is COc1c(Oc2cc(C(F)(F)F)c(F)cc2[N+](=O)[O-])ccc(F)c1F. The molecule has 2 aromatic carbocycles. The first kappa shape index (κ1) is 18.4. The number of rotatable bonds is 4. The summed E-state index contributed by atoms with van der Waals surface area (Å²) in [5.74, 6) is -7.22. The molecule has 11 heteroatoms. The second-order valence-corrected chi connectivity index (χ2v) is 4.55. The molecule has 25 heavy (non-hydrogen) atoms. The topological polar surface area (TPSA) is 61.6 Å². The van der Waals surface area contributed by atoms with Crippen LogP contribution in [0.15, 0.2) is 24.3 Å². The van der Waals surface area contributed by atoms with E-state index in [2.05, 4.69) is 4.74 Å². The van der Waals surface area contributed by atoms with Gasteiger partial charge in [-0.2, -0.15) is 17.6 Å². The van der Waals surface area contributed by atoms with Crippen LogP contribution in [0.25, 0.3) is 0 Å². The largest absolute Gasteiger partial charge is 0.490 e. The molecule has 0 radical (unpaired) electrons. The quantitative estimate of drug-likeness (QED) is 0.441. The van der Waals surface area contributed by atoms with Crippen molar-refractivity contribution in [2.24, 2.45) is 0 Å².